The summed E-state index contributed by atoms with van der Waals surface area (Å²) >= 11 is 5.98. The summed E-state index contributed by atoms with van der Waals surface area (Å²) in [7, 11) is 1.58. The van der Waals surface area contributed by atoms with Crippen LogP contribution < -0.4 is 10.6 Å². The molecule has 0 aliphatic carbocycles. The van der Waals surface area contributed by atoms with Crippen LogP contribution in [-0.2, 0) is 16.0 Å². The number of ether oxygens (including phenoxy) is 1. The van der Waals surface area contributed by atoms with Crippen LogP contribution in [0, 0.1) is 5.82 Å². The van der Waals surface area contributed by atoms with Crippen molar-refractivity contribution in [2.24, 2.45) is 4.99 Å². The molecular weight excluding hydrogens is 397 g/mol. The number of H-pyrrole nitrogens is 1. The topological polar surface area (TPSA) is 91.4 Å². The normalized spacial score (nSPS) is 12.8. The Morgan fingerprint density at radius 3 is 2.93 bits per heavy atom. The van der Waals surface area contributed by atoms with Crippen molar-refractivity contribution in [1.29, 1.82) is 0 Å². The van der Waals surface area contributed by atoms with Gasteiger partial charge in [-0.2, -0.15) is 5.10 Å². The summed E-state index contributed by atoms with van der Waals surface area (Å²) in [5.74, 6) is 0.00452. The van der Waals surface area contributed by atoms with Gasteiger partial charge in [0.05, 0.1) is 24.6 Å². The number of amides is 1. The van der Waals surface area contributed by atoms with Crippen LogP contribution in [0.15, 0.2) is 47.5 Å². The van der Waals surface area contributed by atoms with E-state index in [1.165, 1.54) is 12.1 Å². The molecule has 3 N–H and O–H groups in total. The molecule has 152 valence electrons. The fraction of sp³-hybridized carbons (Fsp3) is 0.250. The molecule has 0 aliphatic heterocycles. The van der Waals surface area contributed by atoms with E-state index in [1.807, 2.05) is 13.0 Å². The van der Waals surface area contributed by atoms with Gasteiger partial charge in [0.15, 0.2) is 5.82 Å². The van der Waals surface area contributed by atoms with Gasteiger partial charge in [-0.15, -0.1) is 0 Å². The van der Waals surface area contributed by atoms with Crippen LogP contribution in [0.2, 0.25) is 5.02 Å². The number of aliphatic imine (C=N–C) groups is 1. The molecule has 0 spiro atoms. The summed E-state index contributed by atoms with van der Waals surface area (Å²) in [6, 6.07) is 11.1. The molecule has 3 aromatic rings. The Kier molecular flexibility index (Phi) is 6.79. The van der Waals surface area contributed by atoms with E-state index in [9.17, 15) is 9.18 Å². The molecule has 1 unspecified atom stereocenters. The molecule has 7 nitrogen and oxygen atoms in total. The van der Waals surface area contributed by atoms with Crippen molar-refractivity contribution >= 4 is 40.2 Å². The standard InChI is InChI=1S/C20H21ClFN5O2/c1-12(11-29-2)23-20(24-18(28)9-13-4-3-5-14(21)8-13)25-19-16-7-6-15(22)10-17(16)26-27-19/h3-8,10,12H,9,11H2,1-2H3,(H3,23,24,25,26,27,28). The van der Waals surface area contributed by atoms with Gasteiger partial charge < -0.3 is 10.1 Å². The molecule has 1 atom stereocenters. The maximum Gasteiger partial charge on any atom is 0.231 e. The lowest BCUT2D eigenvalue weighted by molar-refractivity contribution is -0.119. The van der Waals surface area contributed by atoms with Crippen molar-refractivity contribution in [2.45, 2.75) is 19.4 Å². The number of guanidine groups is 1. The molecule has 0 saturated carbocycles. The van der Waals surface area contributed by atoms with Gasteiger partial charge in [-0.3, -0.25) is 15.2 Å². The SMILES string of the molecule is COCC(C)N=C(NC(=O)Cc1cccc(Cl)c1)Nc1n[nH]c2cc(F)ccc12. The number of methoxy groups -OCH3 is 1. The van der Waals surface area contributed by atoms with E-state index in [2.05, 4.69) is 25.8 Å². The van der Waals surface area contributed by atoms with Gasteiger partial charge in [0.2, 0.25) is 11.9 Å². The van der Waals surface area contributed by atoms with Gasteiger partial charge >= 0.3 is 0 Å². The molecule has 9 heteroatoms. The molecule has 0 saturated heterocycles. The van der Waals surface area contributed by atoms with E-state index >= 15 is 0 Å². The van der Waals surface area contributed by atoms with Crippen molar-refractivity contribution in [3.63, 3.8) is 0 Å². The van der Waals surface area contributed by atoms with E-state index in [1.54, 1.807) is 31.4 Å². The molecule has 3 rings (SSSR count). The van der Waals surface area contributed by atoms with E-state index in [0.29, 0.717) is 28.4 Å². The summed E-state index contributed by atoms with van der Waals surface area (Å²) in [4.78, 5) is 17.0. The molecule has 0 radical (unpaired) electrons. The van der Waals surface area contributed by atoms with Crippen LogP contribution >= 0.6 is 11.6 Å². The Hall–Kier alpha value is -2.97. The fourth-order valence-corrected chi connectivity index (χ4v) is 3.02. The number of benzene rings is 2. The number of nitrogens with zero attached hydrogens (tertiary/aromatic N) is 2. The molecule has 1 aromatic heterocycles. The number of carbonyl (C=O) groups is 1. The first-order chi connectivity index (χ1) is 13.9. The van der Waals surface area contributed by atoms with Crippen molar-refractivity contribution in [3.05, 3.63) is 58.9 Å². The average molecular weight is 418 g/mol. The smallest absolute Gasteiger partial charge is 0.231 e. The van der Waals surface area contributed by atoms with Crippen molar-refractivity contribution in [2.75, 3.05) is 19.0 Å². The maximum atomic E-state index is 13.4. The lowest BCUT2D eigenvalue weighted by Gasteiger charge is -2.13. The number of aromatic nitrogens is 2. The Morgan fingerprint density at radius 2 is 2.17 bits per heavy atom. The monoisotopic (exact) mass is 417 g/mol. The van der Waals surface area contributed by atoms with Gasteiger partial charge in [-0.1, -0.05) is 23.7 Å². The van der Waals surface area contributed by atoms with E-state index in [-0.39, 0.29) is 30.1 Å². The van der Waals surface area contributed by atoms with Crippen molar-refractivity contribution < 1.29 is 13.9 Å². The summed E-state index contributed by atoms with van der Waals surface area (Å²) in [5, 5.41) is 13.9. The van der Waals surface area contributed by atoms with Gasteiger partial charge in [-0.25, -0.2) is 9.38 Å². The Labute approximate surface area is 172 Å². The molecule has 0 bridgehead atoms. The van der Waals surface area contributed by atoms with E-state index in [0.717, 1.165) is 5.56 Å². The number of carbonyl (C=O) groups excluding carboxylic acids is 1. The van der Waals surface area contributed by atoms with Crippen LogP contribution in [-0.4, -0.2) is 41.8 Å². The van der Waals surface area contributed by atoms with Crippen LogP contribution in [0.25, 0.3) is 10.9 Å². The highest BCUT2D eigenvalue weighted by molar-refractivity contribution is 6.30. The number of hydrogen-bond acceptors (Lipinski definition) is 4. The second-order valence-corrected chi connectivity index (χ2v) is 6.96. The highest BCUT2D eigenvalue weighted by Gasteiger charge is 2.13. The average Bonchev–Trinajstić information content (AvgIpc) is 3.03. The second kappa shape index (κ2) is 9.49. The van der Waals surface area contributed by atoms with E-state index < -0.39 is 0 Å². The number of fused-ring (bicyclic) bond motifs is 1. The number of anilines is 1. The quantitative estimate of drug-likeness (QED) is 0.422. The molecule has 0 fully saturated rings. The molecule has 0 aliphatic rings. The molecule has 1 heterocycles. The third-order valence-corrected chi connectivity index (χ3v) is 4.27. The molecule has 29 heavy (non-hydrogen) atoms. The maximum absolute atomic E-state index is 13.4. The van der Waals surface area contributed by atoms with Crippen LogP contribution in [0.5, 0.6) is 0 Å². The zero-order valence-electron chi connectivity index (χ0n) is 16.0. The van der Waals surface area contributed by atoms with E-state index in [4.69, 9.17) is 16.3 Å². The van der Waals surface area contributed by atoms with Crippen molar-refractivity contribution in [3.8, 4) is 0 Å². The lowest BCUT2D eigenvalue weighted by atomic mass is 10.1. The zero-order valence-corrected chi connectivity index (χ0v) is 16.8. The number of rotatable bonds is 6. The minimum absolute atomic E-state index is 0.131. The third kappa shape index (κ3) is 5.75. The lowest BCUT2D eigenvalue weighted by Crippen LogP contribution is -2.38. The fourth-order valence-electron chi connectivity index (χ4n) is 2.80. The zero-order chi connectivity index (χ0) is 20.8. The molecular formula is C20H21ClFN5O2. The Morgan fingerprint density at radius 1 is 1.34 bits per heavy atom. The van der Waals surface area contributed by atoms with Crippen molar-refractivity contribution in [1.82, 2.24) is 15.5 Å². The van der Waals surface area contributed by atoms with Gasteiger partial charge in [-0.05, 0) is 42.8 Å². The predicted octanol–water partition coefficient (Wildman–Crippen LogP) is 3.52. The number of aromatic amines is 1. The minimum atomic E-state index is -0.370. The predicted molar refractivity (Wildman–Crippen MR) is 112 cm³/mol. The summed E-state index contributed by atoms with van der Waals surface area (Å²) in [5.41, 5.74) is 1.31. The Balaban J connectivity index is 1.79. The highest BCUT2D eigenvalue weighted by Crippen LogP contribution is 2.21. The first kappa shape index (κ1) is 20.8. The van der Waals surface area contributed by atoms with Crippen LogP contribution in [0.1, 0.15) is 12.5 Å². The largest absolute Gasteiger partial charge is 0.382 e. The molecule has 1 amide bonds. The van der Waals surface area contributed by atoms with Gasteiger partial charge in [0, 0.05) is 17.5 Å². The first-order valence-electron chi connectivity index (χ1n) is 8.96. The summed E-state index contributed by atoms with van der Waals surface area (Å²) < 4.78 is 18.5. The Bertz CT molecular complexity index is 1040. The highest BCUT2D eigenvalue weighted by atomic mass is 35.5. The summed E-state index contributed by atoms with van der Waals surface area (Å²) in [6.07, 6.45) is 0.131. The van der Waals surface area contributed by atoms with Crippen LogP contribution in [0.3, 0.4) is 0 Å². The van der Waals surface area contributed by atoms with Gasteiger partial charge in [0.1, 0.15) is 5.82 Å². The van der Waals surface area contributed by atoms with Crippen LogP contribution in [0.4, 0.5) is 10.2 Å². The number of hydrogen-bond donors (Lipinski definition) is 3. The first-order valence-corrected chi connectivity index (χ1v) is 9.34. The second-order valence-electron chi connectivity index (χ2n) is 6.52. The van der Waals surface area contributed by atoms with Gasteiger partial charge in [0.25, 0.3) is 0 Å². The third-order valence-electron chi connectivity index (χ3n) is 4.03. The number of nitrogens with one attached hydrogen (secondary N) is 3. The molecule has 2 aromatic carbocycles. The minimum Gasteiger partial charge on any atom is -0.382 e. The number of halogens is 2. The summed E-state index contributed by atoms with van der Waals surface area (Å²) in [6.45, 7) is 2.23.